The Bertz CT molecular complexity index is 286. The standard InChI is InChI=1S/C5H4N3P/c1-4-5(7-2-6-1)9-3-8-4/h1-3,8H. The fourth-order valence-electron chi connectivity index (χ4n) is 0.691. The van der Waals surface area contributed by atoms with Crippen LogP contribution in [0.2, 0.25) is 0 Å². The Morgan fingerprint density at radius 1 is 1.56 bits per heavy atom. The Labute approximate surface area is 53.3 Å². The van der Waals surface area contributed by atoms with E-state index in [-0.39, 0.29) is 0 Å². The molecule has 3 nitrogen and oxygen atoms in total. The second-order valence-corrected chi connectivity index (χ2v) is 2.60. The van der Waals surface area contributed by atoms with E-state index in [0.717, 1.165) is 19.0 Å². The highest BCUT2D eigenvalue weighted by atomic mass is 31.0. The van der Waals surface area contributed by atoms with E-state index < -0.39 is 0 Å². The van der Waals surface area contributed by atoms with Gasteiger partial charge in [0.15, 0.2) is 0 Å². The molecule has 0 aliphatic heterocycles. The third-order valence-corrected chi connectivity index (χ3v) is 1.96. The summed E-state index contributed by atoms with van der Waals surface area (Å²) in [7, 11) is 1.14. The molecule has 2 aromatic rings. The van der Waals surface area contributed by atoms with Gasteiger partial charge in [0.2, 0.25) is 0 Å². The van der Waals surface area contributed by atoms with E-state index in [2.05, 4.69) is 15.0 Å². The summed E-state index contributed by atoms with van der Waals surface area (Å²) in [6.45, 7) is 0. The maximum absolute atomic E-state index is 4.04. The van der Waals surface area contributed by atoms with Crippen LogP contribution in [0.4, 0.5) is 0 Å². The number of aromatic amines is 1. The van der Waals surface area contributed by atoms with Crippen molar-refractivity contribution in [3.63, 3.8) is 0 Å². The van der Waals surface area contributed by atoms with Crippen molar-refractivity contribution in [1.82, 2.24) is 15.0 Å². The highest BCUT2D eigenvalue weighted by molar-refractivity contribution is 7.35. The highest BCUT2D eigenvalue weighted by Gasteiger charge is 1.90. The Morgan fingerprint density at radius 3 is 3.44 bits per heavy atom. The molecule has 0 radical (unpaired) electrons. The maximum Gasteiger partial charge on any atom is 0.118 e. The molecular weight excluding hydrogens is 133 g/mol. The number of aromatic nitrogens is 3. The number of nitrogens with one attached hydrogen (secondary N) is 1. The Morgan fingerprint density at radius 2 is 2.56 bits per heavy atom. The molecule has 2 aromatic heterocycles. The maximum atomic E-state index is 4.04. The van der Waals surface area contributed by atoms with Gasteiger partial charge in [0, 0.05) is 5.93 Å². The molecular formula is C5H4N3P. The molecule has 0 aromatic carbocycles. The SMILES string of the molecule is c1ncc2[nH]cpc2n1. The van der Waals surface area contributed by atoms with Crippen LogP contribution in [0.25, 0.3) is 10.8 Å². The summed E-state index contributed by atoms with van der Waals surface area (Å²) < 4.78 is 0. The zero-order valence-corrected chi connectivity index (χ0v) is 5.47. The van der Waals surface area contributed by atoms with E-state index in [0.29, 0.717) is 0 Å². The van der Waals surface area contributed by atoms with E-state index >= 15 is 0 Å². The summed E-state index contributed by atoms with van der Waals surface area (Å²) in [4.78, 5) is 10.9. The van der Waals surface area contributed by atoms with Gasteiger partial charge in [-0.2, -0.15) is 0 Å². The third kappa shape index (κ3) is 0.698. The van der Waals surface area contributed by atoms with Gasteiger partial charge in [-0.25, -0.2) is 9.97 Å². The summed E-state index contributed by atoms with van der Waals surface area (Å²) in [5.74, 6) is 1.94. The first-order valence-corrected chi connectivity index (χ1v) is 3.52. The first-order valence-electron chi connectivity index (χ1n) is 2.56. The Kier molecular flexibility index (Phi) is 0.965. The topological polar surface area (TPSA) is 41.6 Å². The van der Waals surface area contributed by atoms with Crippen LogP contribution in [-0.2, 0) is 0 Å². The number of hydrogen-bond acceptors (Lipinski definition) is 2. The predicted octanol–water partition coefficient (Wildman–Crippen LogP) is 1.54. The summed E-state index contributed by atoms with van der Waals surface area (Å²) >= 11 is 0. The van der Waals surface area contributed by atoms with Crippen molar-refractivity contribution in [2.24, 2.45) is 0 Å². The molecule has 9 heavy (non-hydrogen) atoms. The minimum absolute atomic E-state index is 1.03. The molecule has 0 atom stereocenters. The van der Waals surface area contributed by atoms with Crippen LogP contribution in [0.5, 0.6) is 0 Å². The quantitative estimate of drug-likeness (QED) is 0.598. The molecule has 0 aliphatic carbocycles. The van der Waals surface area contributed by atoms with E-state index in [1.54, 1.807) is 12.5 Å². The molecule has 44 valence electrons. The minimum atomic E-state index is 1.03. The first-order chi connectivity index (χ1) is 4.47. The van der Waals surface area contributed by atoms with Gasteiger partial charge in [-0.15, -0.1) is 0 Å². The number of hydrogen-bond donors (Lipinski definition) is 1. The Balaban J connectivity index is 2.95. The van der Waals surface area contributed by atoms with Crippen LogP contribution in [0.15, 0.2) is 18.5 Å². The summed E-state index contributed by atoms with van der Waals surface area (Å²) in [5.41, 5.74) is 1.03. The van der Waals surface area contributed by atoms with Gasteiger partial charge in [0.25, 0.3) is 0 Å². The van der Waals surface area contributed by atoms with Crippen molar-refractivity contribution in [3.05, 3.63) is 18.5 Å². The molecule has 1 N–H and O–H groups in total. The van der Waals surface area contributed by atoms with E-state index in [1.807, 2.05) is 5.93 Å². The molecule has 0 unspecified atom stereocenters. The normalized spacial score (nSPS) is 11.1. The van der Waals surface area contributed by atoms with Crippen molar-refractivity contribution >= 4 is 19.0 Å². The van der Waals surface area contributed by atoms with Crippen molar-refractivity contribution in [3.8, 4) is 0 Å². The average molecular weight is 137 g/mol. The fraction of sp³-hybridized carbons (Fsp3) is 0. The largest absolute Gasteiger partial charge is 0.354 e. The second kappa shape index (κ2) is 1.78. The van der Waals surface area contributed by atoms with Crippen molar-refractivity contribution in [2.75, 3.05) is 0 Å². The Hall–Kier alpha value is -0.950. The molecule has 0 aliphatic rings. The molecule has 0 saturated heterocycles. The number of H-pyrrole nitrogens is 1. The molecule has 2 rings (SSSR count). The summed E-state index contributed by atoms with van der Waals surface area (Å²) in [5, 5.41) is 1.06. The monoisotopic (exact) mass is 137 g/mol. The zero-order chi connectivity index (χ0) is 6.10. The highest BCUT2D eigenvalue weighted by Crippen LogP contribution is 2.16. The van der Waals surface area contributed by atoms with Crippen LogP contribution >= 0.6 is 8.19 Å². The van der Waals surface area contributed by atoms with Gasteiger partial charge in [-0.3, -0.25) is 0 Å². The lowest BCUT2D eigenvalue weighted by Crippen LogP contribution is -1.73. The predicted molar refractivity (Wildman–Crippen MR) is 36.4 cm³/mol. The van der Waals surface area contributed by atoms with Gasteiger partial charge in [-0.05, 0) is 8.19 Å². The minimum Gasteiger partial charge on any atom is -0.354 e. The molecule has 0 saturated carbocycles. The summed E-state index contributed by atoms with van der Waals surface area (Å²) in [6, 6.07) is 0. The average Bonchev–Trinajstić information content (AvgIpc) is 2.33. The van der Waals surface area contributed by atoms with E-state index in [1.165, 1.54) is 0 Å². The van der Waals surface area contributed by atoms with Crippen LogP contribution in [0, 0.1) is 0 Å². The van der Waals surface area contributed by atoms with Crippen LogP contribution in [-0.4, -0.2) is 15.0 Å². The van der Waals surface area contributed by atoms with Crippen LogP contribution in [0.3, 0.4) is 0 Å². The molecule has 2 heterocycles. The summed E-state index contributed by atoms with van der Waals surface area (Å²) in [6.07, 6.45) is 3.34. The first kappa shape index (κ1) is 4.89. The van der Waals surface area contributed by atoms with Crippen molar-refractivity contribution in [2.45, 2.75) is 0 Å². The van der Waals surface area contributed by atoms with Crippen LogP contribution in [0.1, 0.15) is 0 Å². The number of nitrogens with zero attached hydrogens (tertiary/aromatic N) is 2. The lowest BCUT2D eigenvalue weighted by Gasteiger charge is -1.81. The van der Waals surface area contributed by atoms with Crippen LogP contribution < -0.4 is 0 Å². The van der Waals surface area contributed by atoms with E-state index in [9.17, 15) is 0 Å². The molecule has 0 fully saturated rings. The number of rotatable bonds is 0. The van der Waals surface area contributed by atoms with Gasteiger partial charge < -0.3 is 4.98 Å². The number of fused-ring (bicyclic) bond motifs is 1. The third-order valence-electron chi connectivity index (χ3n) is 1.10. The van der Waals surface area contributed by atoms with Crippen molar-refractivity contribution in [1.29, 1.82) is 0 Å². The van der Waals surface area contributed by atoms with Gasteiger partial charge in [0.1, 0.15) is 11.6 Å². The second-order valence-electron chi connectivity index (χ2n) is 1.66. The zero-order valence-electron chi connectivity index (χ0n) is 4.57. The lowest BCUT2D eigenvalue weighted by atomic mass is 10.6. The smallest absolute Gasteiger partial charge is 0.118 e. The van der Waals surface area contributed by atoms with Gasteiger partial charge in [-0.1, -0.05) is 0 Å². The van der Waals surface area contributed by atoms with Gasteiger partial charge in [0.05, 0.1) is 11.7 Å². The van der Waals surface area contributed by atoms with Gasteiger partial charge >= 0.3 is 0 Å². The molecule has 4 heteroatoms. The lowest BCUT2D eigenvalue weighted by molar-refractivity contribution is 1.22. The van der Waals surface area contributed by atoms with Crippen molar-refractivity contribution < 1.29 is 0 Å². The molecule has 0 amide bonds. The molecule has 0 spiro atoms. The molecule has 0 bridgehead atoms. The van der Waals surface area contributed by atoms with E-state index in [4.69, 9.17) is 0 Å². The fourth-order valence-corrected chi connectivity index (χ4v) is 1.40.